The Morgan fingerprint density at radius 1 is 1.09 bits per heavy atom. The van der Waals surface area contributed by atoms with Crippen LogP contribution in [0.1, 0.15) is 32.1 Å². The van der Waals surface area contributed by atoms with Gasteiger partial charge in [-0.05, 0) is 38.8 Å². The van der Waals surface area contributed by atoms with E-state index in [4.69, 9.17) is 5.26 Å². The van der Waals surface area contributed by atoms with Gasteiger partial charge in [0.2, 0.25) is 0 Å². The molecule has 0 aromatic heterocycles. The van der Waals surface area contributed by atoms with Gasteiger partial charge in [0, 0.05) is 0 Å². The molecule has 60 valence electrons. The van der Waals surface area contributed by atoms with E-state index in [-0.39, 0.29) is 5.54 Å². The normalized spacial score (nSPS) is 29.4. The van der Waals surface area contributed by atoms with Crippen LogP contribution in [0.15, 0.2) is 0 Å². The maximum atomic E-state index is 8.92. The molecule has 11 heavy (non-hydrogen) atoms. The van der Waals surface area contributed by atoms with Gasteiger partial charge in [-0.15, -0.1) is 0 Å². The number of hydrogen-bond donors (Lipinski definition) is 0. The predicted molar refractivity (Wildman–Crippen MR) is 43.0 cm³/mol. The van der Waals surface area contributed by atoms with Crippen LogP contribution in [0.3, 0.4) is 0 Å². The average molecular weight is 150 g/mol. The quantitative estimate of drug-likeness (QED) is 0.566. The maximum Gasteiger partial charge on any atom is 0.109 e. The van der Waals surface area contributed by atoms with Crippen LogP contribution in [0.25, 0.3) is 0 Å². The molecule has 1 aliphatic heterocycles. The predicted octanol–water partition coefficient (Wildman–Crippen LogP) is 1.53. The number of likely N-dealkylation sites (tertiary alicyclic amines) is 1. The first kappa shape index (κ1) is 7.12. The largest absolute Gasteiger partial charge is 0.286 e. The van der Waals surface area contributed by atoms with E-state index in [2.05, 4.69) is 11.0 Å². The van der Waals surface area contributed by atoms with Crippen molar-refractivity contribution in [2.45, 2.75) is 37.6 Å². The Bertz CT molecular complexity index is 182. The highest BCUT2D eigenvalue weighted by Crippen LogP contribution is 2.42. The molecule has 0 bridgehead atoms. The summed E-state index contributed by atoms with van der Waals surface area (Å²) in [7, 11) is 0. The zero-order valence-electron chi connectivity index (χ0n) is 6.84. The Morgan fingerprint density at radius 2 is 1.73 bits per heavy atom. The fourth-order valence-corrected chi connectivity index (χ4v) is 1.94. The minimum absolute atomic E-state index is 0.000417. The zero-order valence-corrected chi connectivity index (χ0v) is 6.84. The molecular weight excluding hydrogens is 136 g/mol. The van der Waals surface area contributed by atoms with Crippen molar-refractivity contribution in [2.75, 3.05) is 13.1 Å². The summed E-state index contributed by atoms with van der Waals surface area (Å²) in [6.07, 6.45) is 6.18. The number of hydrogen-bond acceptors (Lipinski definition) is 2. The molecular formula is C9H14N2. The summed E-state index contributed by atoms with van der Waals surface area (Å²) in [6.45, 7) is 2.32. The standard InChI is InChI=1S/C9H14N2/c10-8-9(4-5-9)11-6-2-1-3-7-11/h1-7H2. The summed E-state index contributed by atoms with van der Waals surface area (Å²) in [5.41, 5.74) is 0.000417. The van der Waals surface area contributed by atoms with Gasteiger partial charge in [-0.3, -0.25) is 4.90 Å². The Labute approximate surface area is 67.8 Å². The molecule has 2 fully saturated rings. The van der Waals surface area contributed by atoms with E-state index < -0.39 is 0 Å². The molecule has 0 aromatic carbocycles. The van der Waals surface area contributed by atoms with Crippen LogP contribution in [-0.2, 0) is 0 Å². The van der Waals surface area contributed by atoms with Crippen LogP contribution in [-0.4, -0.2) is 23.5 Å². The molecule has 0 radical (unpaired) electrons. The fourth-order valence-electron chi connectivity index (χ4n) is 1.94. The number of rotatable bonds is 1. The molecule has 2 nitrogen and oxygen atoms in total. The Morgan fingerprint density at radius 3 is 2.18 bits per heavy atom. The Hall–Kier alpha value is -0.550. The van der Waals surface area contributed by atoms with Crippen molar-refractivity contribution in [2.24, 2.45) is 0 Å². The summed E-state index contributed by atoms with van der Waals surface area (Å²) in [5, 5.41) is 8.92. The van der Waals surface area contributed by atoms with Crippen molar-refractivity contribution >= 4 is 0 Å². The monoisotopic (exact) mass is 150 g/mol. The van der Waals surface area contributed by atoms with Crippen molar-refractivity contribution < 1.29 is 0 Å². The third-order valence-electron chi connectivity index (χ3n) is 2.89. The highest BCUT2D eigenvalue weighted by molar-refractivity contribution is 5.19. The van der Waals surface area contributed by atoms with Crippen LogP contribution >= 0.6 is 0 Å². The third-order valence-corrected chi connectivity index (χ3v) is 2.89. The number of piperidine rings is 1. The smallest absolute Gasteiger partial charge is 0.109 e. The highest BCUT2D eigenvalue weighted by Gasteiger charge is 2.48. The lowest BCUT2D eigenvalue weighted by atomic mass is 10.1. The second-order valence-corrected chi connectivity index (χ2v) is 3.69. The van der Waals surface area contributed by atoms with Crippen molar-refractivity contribution in [3.05, 3.63) is 0 Å². The van der Waals surface area contributed by atoms with Crippen molar-refractivity contribution in [1.82, 2.24) is 4.90 Å². The summed E-state index contributed by atoms with van der Waals surface area (Å²) >= 11 is 0. The summed E-state index contributed by atoms with van der Waals surface area (Å²) in [5.74, 6) is 0. The van der Waals surface area contributed by atoms with E-state index in [0.29, 0.717) is 0 Å². The van der Waals surface area contributed by atoms with Gasteiger partial charge >= 0.3 is 0 Å². The van der Waals surface area contributed by atoms with Crippen molar-refractivity contribution in [3.8, 4) is 6.07 Å². The topological polar surface area (TPSA) is 27.0 Å². The molecule has 2 heteroatoms. The van der Waals surface area contributed by atoms with Crippen LogP contribution in [0, 0.1) is 11.3 Å². The van der Waals surface area contributed by atoms with E-state index in [1.165, 1.54) is 19.3 Å². The first-order valence-corrected chi connectivity index (χ1v) is 4.54. The van der Waals surface area contributed by atoms with Gasteiger partial charge in [0.1, 0.15) is 5.54 Å². The summed E-state index contributed by atoms with van der Waals surface area (Å²) < 4.78 is 0. The van der Waals surface area contributed by atoms with Gasteiger partial charge in [0.25, 0.3) is 0 Å². The van der Waals surface area contributed by atoms with Crippen LogP contribution < -0.4 is 0 Å². The van der Waals surface area contributed by atoms with Crippen LogP contribution in [0.2, 0.25) is 0 Å². The molecule has 1 aliphatic carbocycles. The molecule has 2 aliphatic rings. The van der Waals surface area contributed by atoms with Crippen LogP contribution in [0.4, 0.5) is 0 Å². The first-order chi connectivity index (χ1) is 5.37. The minimum Gasteiger partial charge on any atom is -0.286 e. The van der Waals surface area contributed by atoms with E-state index in [0.717, 1.165) is 25.9 Å². The van der Waals surface area contributed by atoms with Gasteiger partial charge in [0.15, 0.2) is 0 Å². The van der Waals surface area contributed by atoms with E-state index in [1.54, 1.807) is 0 Å². The van der Waals surface area contributed by atoms with E-state index >= 15 is 0 Å². The van der Waals surface area contributed by atoms with Gasteiger partial charge < -0.3 is 0 Å². The lowest BCUT2D eigenvalue weighted by Gasteiger charge is -2.30. The zero-order chi connectivity index (χ0) is 7.73. The Balaban J connectivity index is 1.99. The fraction of sp³-hybridized carbons (Fsp3) is 0.889. The minimum atomic E-state index is 0.000417. The van der Waals surface area contributed by atoms with Crippen molar-refractivity contribution in [1.29, 1.82) is 5.26 Å². The molecule has 2 rings (SSSR count). The van der Waals surface area contributed by atoms with Crippen molar-refractivity contribution in [3.63, 3.8) is 0 Å². The van der Waals surface area contributed by atoms with E-state index in [1.807, 2.05) is 0 Å². The molecule has 0 spiro atoms. The molecule has 0 unspecified atom stereocenters. The molecule has 0 aromatic rings. The van der Waals surface area contributed by atoms with E-state index in [9.17, 15) is 0 Å². The second-order valence-electron chi connectivity index (χ2n) is 3.69. The molecule has 1 saturated carbocycles. The summed E-state index contributed by atoms with van der Waals surface area (Å²) in [6, 6.07) is 2.45. The van der Waals surface area contributed by atoms with Gasteiger partial charge in [-0.2, -0.15) is 5.26 Å². The number of nitrogens with zero attached hydrogens (tertiary/aromatic N) is 2. The third kappa shape index (κ3) is 1.14. The molecule has 1 saturated heterocycles. The van der Waals surface area contributed by atoms with Crippen LogP contribution in [0.5, 0.6) is 0 Å². The molecule has 1 heterocycles. The first-order valence-electron chi connectivity index (χ1n) is 4.54. The Kier molecular flexibility index (Phi) is 1.61. The van der Waals surface area contributed by atoms with Gasteiger partial charge in [0.05, 0.1) is 6.07 Å². The summed E-state index contributed by atoms with van der Waals surface area (Å²) in [4.78, 5) is 2.39. The lowest BCUT2D eigenvalue weighted by Crippen LogP contribution is -2.40. The molecule has 0 N–H and O–H groups in total. The lowest BCUT2D eigenvalue weighted by molar-refractivity contribution is 0.181. The highest BCUT2D eigenvalue weighted by atomic mass is 15.2. The van der Waals surface area contributed by atoms with Gasteiger partial charge in [-0.25, -0.2) is 0 Å². The maximum absolute atomic E-state index is 8.92. The second kappa shape index (κ2) is 2.49. The molecule has 0 atom stereocenters. The van der Waals surface area contributed by atoms with Gasteiger partial charge in [-0.1, -0.05) is 6.42 Å². The number of nitriles is 1. The SMILES string of the molecule is N#CC1(N2CCCCC2)CC1. The molecule has 0 amide bonds. The average Bonchev–Trinajstić information content (AvgIpc) is 2.86.